The molecule has 4 aliphatic heterocycles. The maximum atomic E-state index is 13.5. The number of nitrogens with zero attached hydrogens (tertiary/aromatic N) is 1. The number of carbonyl (C=O) groups excluding carboxylic acids is 4. The number of ketones is 1. The van der Waals surface area contributed by atoms with E-state index in [0.29, 0.717) is 22.8 Å². The quantitative estimate of drug-likeness (QED) is 0.556. The van der Waals surface area contributed by atoms with Crippen LogP contribution >= 0.6 is 0 Å². The third-order valence-corrected chi connectivity index (χ3v) is 7.13. The van der Waals surface area contributed by atoms with Gasteiger partial charge in [-0.15, -0.1) is 0 Å². The van der Waals surface area contributed by atoms with Crippen LogP contribution in [0.1, 0.15) is 36.2 Å². The second-order valence-corrected chi connectivity index (χ2v) is 10.9. The van der Waals surface area contributed by atoms with Crippen LogP contribution in [0.15, 0.2) is 48.2 Å². The molecule has 0 radical (unpaired) electrons. The van der Waals surface area contributed by atoms with Crippen molar-refractivity contribution in [2.24, 2.45) is 0 Å². The van der Waals surface area contributed by atoms with Gasteiger partial charge in [0.1, 0.15) is 34.7 Å². The summed E-state index contributed by atoms with van der Waals surface area (Å²) in [5.74, 6) is 0.0361. The van der Waals surface area contributed by atoms with Crippen molar-refractivity contribution < 1.29 is 42.9 Å². The minimum Gasteiger partial charge on any atom is -0.497 e. The fourth-order valence-electron chi connectivity index (χ4n) is 5.11. The van der Waals surface area contributed by atoms with Gasteiger partial charge >= 0.3 is 0 Å². The van der Waals surface area contributed by atoms with E-state index in [4.69, 9.17) is 23.7 Å². The van der Waals surface area contributed by atoms with Gasteiger partial charge in [0.2, 0.25) is 0 Å². The lowest BCUT2D eigenvalue weighted by atomic mass is 9.98. The van der Waals surface area contributed by atoms with Gasteiger partial charge in [-0.2, -0.15) is 0 Å². The topological polar surface area (TPSA) is 142 Å². The first-order chi connectivity index (χ1) is 20.0. The number of benzene rings is 2. The number of amides is 3. The summed E-state index contributed by atoms with van der Waals surface area (Å²) in [5, 5.41) is 5.76. The average Bonchev–Trinajstić information content (AvgIpc) is 3.34. The zero-order valence-electron chi connectivity index (χ0n) is 23.9. The van der Waals surface area contributed by atoms with Gasteiger partial charge in [-0.3, -0.25) is 19.2 Å². The number of nitrogens with one attached hydrogen (secondary N) is 2. The standard InChI is InChI=1S/C30H33N3O9/c1-30(2)12-19(34)9-25(42-30)29(37)33-14-23-26(15-33)41-20-6-5-17(24(11-20)39-4)13-31-27(35)16-40-22-8-18(28(36)32-23)7-21(10-22)38-3/h5-11,23,26H,12-16H2,1-4H3,(H,31,35)(H,32,36)/t23-,26-/m0/s1. The van der Waals surface area contributed by atoms with Crippen LogP contribution in [0.3, 0.4) is 0 Å². The van der Waals surface area contributed by atoms with E-state index in [1.165, 1.54) is 31.3 Å². The summed E-state index contributed by atoms with van der Waals surface area (Å²) >= 11 is 0. The molecule has 0 aromatic heterocycles. The van der Waals surface area contributed by atoms with Crippen LogP contribution in [0, 0.1) is 0 Å². The Morgan fingerprint density at radius 2 is 1.83 bits per heavy atom. The lowest BCUT2D eigenvalue weighted by molar-refractivity contribution is -0.137. The monoisotopic (exact) mass is 579 g/mol. The highest BCUT2D eigenvalue weighted by molar-refractivity contribution is 6.02. The number of ether oxygens (including phenoxy) is 5. The highest BCUT2D eigenvalue weighted by Gasteiger charge is 2.41. The molecule has 4 heterocycles. The molecule has 3 amide bonds. The largest absolute Gasteiger partial charge is 0.497 e. The SMILES string of the molecule is COc1cc2cc(c1)C(=O)N[C@H]1CN(C(=O)C3=CC(=O)CC(C)(C)O3)C[C@@H]1Oc1ccc(c(OC)c1)CNC(=O)CO2. The van der Waals surface area contributed by atoms with Gasteiger partial charge in [-0.25, -0.2) is 0 Å². The molecule has 0 aliphatic carbocycles. The van der Waals surface area contributed by atoms with E-state index >= 15 is 0 Å². The number of fused-ring (bicyclic) bond motifs is 7. The molecule has 1 saturated heterocycles. The van der Waals surface area contributed by atoms with Gasteiger partial charge in [-0.1, -0.05) is 0 Å². The molecule has 42 heavy (non-hydrogen) atoms. The summed E-state index contributed by atoms with van der Waals surface area (Å²) in [6, 6.07) is 9.16. The zero-order chi connectivity index (χ0) is 30.0. The smallest absolute Gasteiger partial charge is 0.289 e. The van der Waals surface area contributed by atoms with Gasteiger partial charge < -0.3 is 39.2 Å². The van der Waals surface area contributed by atoms with Gasteiger partial charge in [0.05, 0.1) is 26.8 Å². The van der Waals surface area contributed by atoms with Crippen molar-refractivity contribution in [1.29, 1.82) is 0 Å². The van der Waals surface area contributed by atoms with Crippen LogP contribution in [0.4, 0.5) is 0 Å². The van der Waals surface area contributed by atoms with Crippen molar-refractivity contribution in [2.75, 3.05) is 33.9 Å². The molecule has 6 rings (SSSR count). The highest BCUT2D eigenvalue weighted by Crippen LogP contribution is 2.30. The number of allylic oxidation sites excluding steroid dienone is 1. The van der Waals surface area contributed by atoms with E-state index in [2.05, 4.69) is 10.6 Å². The summed E-state index contributed by atoms with van der Waals surface area (Å²) in [6.45, 7) is 3.62. The molecule has 12 heteroatoms. The van der Waals surface area contributed by atoms with Crippen LogP contribution in [0.25, 0.3) is 0 Å². The first-order valence-electron chi connectivity index (χ1n) is 13.5. The molecule has 4 bridgehead atoms. The molecule has 0 spiro atoms. The number of rotatable bonds is 3. The Hall–Kier alpha value is -4.74. The van der Waals surface area contributed by atoms with Crippen LogP contribution in [-0.2, 0) is 25.7 Å². The predicted octanol–water partition coefficient (Wildman–Crippen LogP) is 1.75. The second kappa shape index (κ2) is 11.6. The summed E-state index contributed by atoms with van der Waals surface area (Å²) in [5.41, 5.74) is 0.133. The number of likely N-dealkylation sites (tertiary alicyclic amines) is 1. The Labute approximate surface area is 242 Å². The molecule has 12 nitrogen and oxygen atoms in total. The van der Waals surface area contributed by atoms with Crippen LogP contribution < -0.4 is 29.6 Å². The summed E-state index contributed by atoms with van der Waals surface area (Å²) in [7, 11) is 2.97. The fourth-order valence-corrected chi connectivity index (χ4v) is 5.11. The number of hydrogen-bond acceptors (Lipinski definition) is 9. The molecule has 1 fully saturated rings. The Bertz CT molecular complexity index is 1450. The van der Waals surface area contributed by atoms with E-state index in [1.54, 1.807) is 44.2 Å². The van der Waals surface area contributed by atoms with Crippen LogP contribution in [0.5, 0.6) is 23.0 Å². The fraction of sp³-hybridized carbons (Fsp3) is 0.400. The maximum absolute atomic E-state index is 13.5. The summed E-state index contributed by atoms with van der Waals surface area (Å²) in [6.07, 6.45) is 0.736. The van der Waals surface area contributed by atoms with Crippen molar-refractivity contribution in [3.8, 4) is 23.0 Å². The van der Waals surface area contributed by atoms with Crippen molar-refractivity contribution in [1.82, 2.24) is 15.5 Å². The first-order valence-corrected chi connectivity index (χ1v) is 13.5. The Kier molecular flexibility index (Phi) is 7.97. The van der Waals surface area contributed by atoms with E-state index < -0.39 is 29.6 Å². The Morgan fingerprint density at radius 1 is 1.02 bits per heavy atom. The molecule has 2 aromatic carbocycles. The minimum atomic E-state index is -0.813. The first kappa shape index (κ1) is 28.8. The molecular formula is C30H33N3O9. The van der Waals surface area contributed by atoms with E-state index in [-0.39, 0.29) is 61.4 Å². The highest BCUT2D eigenvalue weighted by atomic mass is 16.5. The predicted molar refractivity (Wildman–Crippen MR) is 148 cm³/mol. The molecule has 4 aliphatic rings. The van der Waals surface area contributed by atoms with Crippen molar-refractivity contribution in [3.05, 3.63) is 59.4 Å². The Morgan fingerprint density at radius 3 is 2.57 bits per heavy atom. The van der Waals surface area contributed by atoms with Gasteiger partial charge in [0.15, 0.2) is 18.1 Å². The van der Waals surface area contributed by atoms with E-state index in [0.717, 1.165) is 0 Å². The van der Waals surface area contributed by atoms with Crippen molar-refractivity contribution >= 4 is 23.5 Å². The van der Waals surface area contributed by atoms with E-state index in [9.17, 15) is 19.2 Å². The zero-order valence-corrected chi connectivity index (χ0v) is 23.9. The number of hydrogen-bond donors (Lipinski definition) is 2. The molecule has 2 atom stereocenters. The van der Waals surface area contributed by atoms with Crippen molar-refractivity contribution in [3.63, 3.8) is 0 Å². The maximum Gasteiger partial charge on any atom is 0.289 e. The average molecular weight is 580 g/mol. The van der Waals surface area contributed by atoms with Crippen LogP contribution in [-0.4, -0.2) is 80.1 Å². The molecular weight excluding hydrogens is 546 g/mol. The van der Waals surface area contributed by atoms with Gasteiger partial charge in [0.25, 0.3) is 17.7 Å². The lowest BCUT2D eigenvalue weighted by Crippen LogP contribution is -2.45. The molecule has 222 valence electrons. The van der Waals surface area contributed by atoms with E-state index in [1.807, 2.05) is 0 Å². The second-order valence-electron chi connectivity index (χ2n) is 10.9. The minimum absolute atomic E-state index is 0.0425. The van der Waals surface area contributed by atoms with Crippen molar-refractivity contribution in [2.45, 2.75) is 44.6 Å². The molecule has 0 unspecified atom stereocenters. The molecule has 2 N–H and O–H groups in total. The summed E-state index contributed by atoms with van der Waals surface area (Å²) in [4.78, 5) is 53.2. The number of carbonyl (C=O) groups is 4. The van der Waals surface area contributed by atoms with Gasteiger partial charge in [-0.05, 0) is 38.1 Å². The van der Waals surface area contributed by atoms with Gasteiger partial charge in [0, 0.05) is 48.8 Å². The normalized spacial score (nSPS) is 21.9. The molecule has 0 saturated carbocycles. The lowest BCUT2D eigenvalue weighted by Gasteiger charge is -2.31. The summed E-state index contributed by atoms with van der Waals surface area (Å²) < 4.78 is 28.7. The third-order valence-electron chi connectivity index (χ3n) is 7.13. The van der Waals surface area contributed by atoms with Crippen LogP contribution in [0.2, 0.25) is 0 Å². The molecule has 2 aromatic rings. The third kappa shape index (κ3) is 6.42. The number of methoxy groups -OCH3 is 2. The Balaban J connectivity index is 1.47.